The molecule has 9 aliphatic rings. The van der Waals surface area contributed by atoms with Crippen LogP contribution in [0.5, 0.6) is 0 Å². The van der Waals surface area contributed by atoms with Crippen LogP contribution in [-0.2, 0) is 104 Å². The van der Waals surface area contributed by atoms with Crippen LogP contribution in [0.25, 0.3) is 0 Å². The maximum atomic E-state index is 13.2. The van der Waals surface area contributed by atoms with E-state index in [4.69, 9.17) is 85.3 Å². The SMILES string of the molecule is CC(=O)N[C@H]1[C@H](O[C@@H]([C@H](O)[C@H](CO)NC(C)=O)[C@H](O)CO[C@@H]2O[C@@H](C)[C@@H](O)[C@@H](O)[C@@H]2O)O[C@H](CO)[C@@H](O[C@@H]2O[C@H](CO[C@H]3O[C@H](CO)[C@@H](O)[C@H](O)[C@@H]3O[C@@H]3O[C@H](CO)[C@@H](O[C@@H]4O[C@H](CO)[C@H](O)[C@H](O)[C@H]4O)[C@H](O)[C@H]3NC(C)=O)[C@@H](O)[C@H](O[C@H]3O[C@H](CO)[C@@H](O)[C@H](O)[C@@H]3O[C@@H]3O[C@H](CO)[C@@H](O)[C@H](O[C@@H]4O[C@H](CO)[C@H](O)[C@H](O)[C@H]4O)[C@H]3NC(C)=O)[C@@H]2O)[C@@H]1O. The lowest BCUT2D eigenvalue weighted by Gasteiger charge is -2.51. The van der Waals surface area contributed by atoms with Crippen molar-refractivity contribution in [3.63, 3.8) is 0 Å². The third-order valence-corrected chi connectivity index (χ3v) is 22.1. The second-order valence-corrected chi connectivity index (χ2v) is 30.8. The molecule has 54 heteroatoms. The van der Waals surface area contributed by atoms with Gasteiger partial charge < -0.3 is 250 Å². The molecule has 708 valence electrons. The van der Waals surface area contributed by atoms with Crippen molar-refractivity contribution in [2.24, 2.45) is 0 Å². The van der Waals surface area contributed by atoms with E-state index in [-0.39, 0.29) is 0 Å². The first kappa shape index (κ1) is 102. The fourth-order valence-electron chi connectivity index (χ4n) is 15.4. The molecular weight excluding hydrogens is 1670 g/mol. The Balaban J connectivity index is 1.08. The normalized spacial score (nSPS) is 47.0. The Labute approximate surface area is 691 Å². The molecule has 0 bridgehead atoms. The standard InChI is InChI=1S/C68H116N4O50/c1-16-34(86)44(96)49(101)63(107-16)105-14-22(85)53(35(87)21(6-73)69-17(2)81)116-60-31(70-18(3)82)42(94)55(29(13-80)113-60)118-66-52(104)57(120-68-59(48(100)39(91)26(10-77)112-68)122-62-33(72-20(5)84)56(40(92)27(11-78)108-62)119-65-51(103)46(98)37(89)24(8-75)110-65)41(93)30(115-66)15-106-67-58(47(99)38(90)25(9-76)111-67)121-61-32(71-19(4)83)43(95)54(28(12-79)114-61)117-64-50(102)45(97)36(88)23(7-74)109-64/h16,21-68,73-80,85-104H,6-15H2,1-5H3,(H,69,81)(H,70,82)(H,71,83)(H,72,84)/t16-,21-,22+,23+,24+,25+,26+,27+,28+,29+,30+,31+,32+,33+,34+,35+,36-,37-,38+,39+,40+,41+,42+,43+,44+,45-,46-,47-,48-,49-,50+,51+,52-,53+,54+,55+,56+,57-,58-,59-,60-,61-,62-,63+,64-,65-,66-,67-,68+/m0/s1. The lowest BCUT2D eigenvalue weighted by Crippen LogP contribution is -2.70. The number of hydrogen-bond donors (Lipinski definition) is 32. The molecule has 0 saturated carbocycles. The Morgan fingerprint density at radius 3 is 1.11 bits per heavy atom. The zero-order valence-corrected chi connectivity index (χ0v) is 65.9. The van der Waals surface area contributed by atoms with Crippen LogP contribution in [0.3, 0.4) is 0 Å². The van der Waals surface area contributed by atoms with Crippen molar-refractivity contribution in [2.45, 2.75) is 335 Å². The number of nitrogens with one attached hydrogen (secondary N) is 4. The van der Waals surface area contributed by atoms with E-state index in [1.165, 1.54) is 6.92 Å². The molecule has 0 spiro atoms. The molecule has 9 heterocycles. The minimum absolute atomic E-state index is 0.873. The van der Waals surface area contributed by atoms with E-state index in [1.807, 2.05) is 0 Å². The fourth-order valence-corrected chi connectivity index (χ4v) is 15.4. The van der Waals surface area contributed by atoms with Gasteiger partial charge in [-0.25, -0.2) is 0 Å². The maximum Gasteiger partial charge on any atom is 0.217 e. The van der Waals surface area contributed by atoms with Gasteiger partial charge in [-0.3, -0.25) is 19.2 Å². The van der Waals surface area contributed by atoms with Crippen molar-refractivity contribution in [3.05, 3.63) is 0 Å². The lowest BCUT2D eigenvalue weighted by molar-refractivity contribution is -0.398. The molecule has 0 aromatic rings. The minimum atomic E-state index is -2.66. The van der Waals surface area contributed by atoms with Crippen molar-refractivity contribution >= 4 is 23.6 Å². The summed E-state index contributed by atoms with van der Waals surface area (Å²) in [5.41, 5.74) is 0. The molecule has 0 unspecified atom stereocenters. The molecule has 122 heavy (non-hydrogen) atoms. The quantitative estimate of drug-likeness (QED) is 0.0280. The van der Waals surface area contributed by atoms with Crippen LogP contribution in [0.1, 0.15) is 34.6 Å². The Bertz CT molecular complexity index is 3230. The second kappa shape index (κ2) is 45.0. The van der Waals surface area contributed by atoms with Crippen molar-refractivity contribution in [3.8, 4) is 0 Å². The molecule has 0 aliphatic carbocycles. The summed E-state index contributed by atoms with van der Waals surface area (Å²) in [6.07, 6.45) is -95.3. The number of rotatable bonds is 35. The summed E-state index contributed by atoms with van der Waals surface area (Å²) in [5, 5.41) is 321. The second-order valence-electron chi connectivity index (χ2n) is 30.8. The molecule has 4 amide bonds. The van der Waals surface area contributed by atoms with Gasteiger partial charge in [0.15, 0.2) is 56.6 Å². The van der Waals surface area contributed by atoms with Crippen LogP contribution in [-0.4, -0.2) is 533 Å². The van der Waals surface area contributed by atoms with Gasteiger partial charge in [-0.2, -0.15) is 0 Å². The first-order valence-corrected chi connectivity index (χ1v) is 38.9. The maximum absolute atomic E-state index is 13.2. The number of amides is 4. The van der Waals surface area contributed by atoms with Crippen LogP contribution in [0.4, 0.5) is 0 Å². The highest BCUT2D eigenvalue weighted by molar-refractivity contribution is 5.74. The Morgan fingerprint density at radius 1 is 0.303 bits per heavy atom. The van der Waals surface area contributed by atoms with Gasteiger partial charge >= 0.3 is 0 Å². The number of carbonyl (C=O) groups is 4. The zero-order valence-electron chi connectivity index (χ0n) is 65.9. The molecule has 0 aromatic heterocycles. The van der Waals surface area contributed by atoms with E-state index in [0.717, 1.165) is 27.7 Å². The number of aliphatic hydroxyl groups excluding tert-OH is 28. The molecule has 54 nitrogen and oxygen atoms in total. The first-order valence-electron chi connectivity index (χ1n) is 38.9. The number of carbonyl (C=O) groups excluding carboxylic acids is 4. The van der Waals surface area contributed by atoms with Crippen molar-refractivity contribution in [1.29, 1.82) is 0 Å². The zero-order chi connectivity index (χ0) is 90.2. The summed E-state index contributed by atoms with van der Waals surface area (Å²) < 4.78 is 107. The van der Waals surface area contributed by atoms with Crippen LogP contribution in [0.2, 0.25) is 0 Å². The third-order valence-electron chi connectivity index (χ3n) is 22.1. The van der Waals surface area contributed by atoms with E-state index >= 15 is 0 Å². The van der Waals surface area contributed by atoms with Gasteiger partial charge in [0.25, 0.3) is 0 Å². The van der Waals surface area contributed by atoms with Gasteiger partial charge in [0.2, 0.25) is 23.6 Å². The van der Waals surface area contributed by atoms with Crippen LogP contribution >= 0.6 is 0 Å². The van der Waals surface area contributed by atoms with E-state index in [1.54, 1.807) is 0 Å². The third kappa shape index (κ3) is 23.1. The van der Waals surface area contributed by atoms with Gasteiger partial charge in [-0.15, -0.1) is 0 Å². The predicted octanol–water partition coefficient (Wildman–Crippen LogP) is -21.6. The van der Waals surface area contributed by atoms with Gasteiger partial charge in [-0.1, -0.05) is 0 Å². The fraction of sp³-hybridized carbons (Fsp3) is 0.941. The van der Waals surface area contributed by atoms with Gasteiger partial charge in [-0.05, 0) is 6.92 Å². The Morgan fingerprint density at radius 2 is 0.648 bits per heavy atom. The average Bonchev–Trinajstić information content (AvgIpc) is 0.770. The monoisotopic (exact) mass is 1790 g/mol. The van der Waals surface area contributed by atoms with Gasteiger partial charge in [0, 0.05) is 27.7 Å². The summed E-state index contributed by atoms with van der Waals surface area (Å²) >= 11 is 0. The van der Waals surface area contributed by atoms with Gasteiger partial charge in [0.1, 0.15) is 232 Å². The average molecular weight is 1790 g/mol. The number of ether oxygens (including phenoxy) is 18. The summed E-state index contributed by atoms with van der Waals surface area (Å²) in [4.78, 5) is 51.7. The first-order chi connectivity index (χ1) is 57.6. The number of aliphatic hydroxyl groups is 28. The molecular formula is C68H116N4O50. The molecule has 0 aromatic carbocycles. The van der Waals surface area contributed by atoms with Crippen LogP contribution < -0.4 is 21.3 Å². The molecule has 0 radical (unpaired) electrons. The minimum Gasteiger partial charge on any atom is -0.394 e. The summed E-state index contributed by atoms with van der Waals surface area (Å²) in [6.45, 7) is -6.39. The molecule has 9 rings (SSSR count). The largest absolute Gasteiger partial charge is 0.394 e. The molecule has 9 saturated heterocycles. The van der Waals surface area contributed by atoms with Gasteiger partial charge in [0.05, 0.1) is 78.2 Å². The molecule has 9 aliphatic heterocycles. The smallest absolute Gasteiger partial charge is 0.217 e. The van der Waals surface area contributed by atoms with E-state index in [2.05, 4.69) is 21.3 Å². The highest BCUT2D eigenvalue weighted by Crippen LogP contribution is 2.40. The highest BCUT2D eigenvalue weighted by Gasteiger charge is 2.61. The Kier molecular flexibility index (Phi) is 37.6. The van der Waals surface area contributed by atoms with Crippen molar-refractivity contribution in [2.75, 3.05) is 66.1 Å². The Hall–Kier alpha value is -3.96. The van der Waals surface area contributed by atoms with Crippen LogP contribution in [0.15, 0.2) is 0 Å². The lowest BCUT2D eigenvalue weighted by atomic mass is 9.94. The molecule has 49 atom stereocenters. The highest BCUT2D eigenvalue weighted by atomic mass is 16.8. The topological polar surface area (TPSA) is 849 Å². The van der Waals surface area contributed by atoms with Crippen molar-refractivity contribution in [1.82, 2.24) is 21.3 Å². The van der Waals surface area contributed by atoms with Crippen molar-refractivity contribution < 1.29 is 247 Å². The summed E-state index contributed by atoms with van der Waals surface area (Å²) in [5.74, 6) is -3.85. The number of hydrogen-bond acceptors (Lipinski definition) is 50. The van der Waals surface area contributed by atoms with Crippen LogP contribution in [0, 0.1) is 0 Å². The predicted molar refractivity (Wildman–Crippen MR) is 377 cm³/mol. The van der Waals surface area contributed by atoms with E-state index < -0.39 is 390 Å². The van der Waals surface area contributed by atoms with E-state index in [9.17, 15) is 162 Å². The molecule has 32 N–H and O–H groups in total. The summed E-state index contributed by atoms with van der Waals surface area (Å²) in [7, 11) is 0. The molecule has 9 fully saturated rings. The van der Waals surface area contributed by atoms with E-state index in [0.29, 0.717) is 0 Å². The summed E-state index contributed by atoms with van der Waals surface area (Å²) in [6, 6.07) is -7.77.